The molecule has 0 saturated heterocycles. The third-order valence-electron chi connectivity index (χ3n) is 6.78. The van der Waals surface area contributed by atoms with Crippen LogP contribution in [0.25, 0.3) is 0 Å². The van der Waals surface area contributed by atoms with Gasteiger partial charge in [0.1, 0.15) is 18.3 Å². The van der Waals surface area contributed by atoms with E-state index in [1.807, 2.05) is 51.1 Å². The average molecular weight is 635 g/mol. The van der Waals surface area contributed by atoms with Gasteiger partial charge in [-0.05, 0) is 62.2 Å². The highest BCUT2D eigenvalue weighted by Crippen LogP contribution is 2.28. The minimum Gasteiger partial charge on any atom is -0.494 e. The Morgan fingerprint density at radius 3 is 2.10 bits per heavy atom. The summed E-state index contributed by atoms with van der Waals surface area (Å²) < 4.78 is 32.4. The van der Waals surface area contributed by atoms with Crippen LogP contribution >= 0.6 is 23.2 Å². The third kappa shape index (κ3) is 9.11. The molecular formula is C31H37Cl2N3O5S. The molecule has 2 amide bonds. The number of hydrogen-bond donors (Lipinski definition) is 1. The second kappa shape index (κ2) is 15.3. The summed E-state index contributed by atoms with van der Waals surface area (Å²) in [6.45, 7) is 5.48. The normalized spacial score (nSPS) is 12.7. The van der Waals surface area contributed by atoms with Crippen LogP contribution in [-0.4, -0.2) is 56.6 Å². The van der Waals surface area contributed by atoms with E-state index < -0.39 is 28.5 Å². The Bertz CT molecular complexity index is 1430. The van der Waals surface area contributed by atoms with Gasteiger partial charge in [0.2, 0.25) is 21.8 Å². The molecule has 0 fully saturated rings. The molecule has 11 heteroatoms. The number of halogens is 2. The van der Waals surface area contributed by atoms with Crippen molar-refractivity contribution >= 4 is 50.7 Å². The molecule has 0 radical (unpaired) electrons. The molecule has 0 saturated carbocycles. The van der Waals surface area contributed by atoms with Crippen LogP contribution < -0.4 is 14.4 Å². The Morgan fingerprint density at radius 2 is 1.55 bits per heavy atom. The lowest BCUT2D eigenvalue weighted by Gasteiger charge is -2.34. The van der Waals surface area contributed by atoms with E-state index >= 15 is 0 Å². The first-order valence-corrected chi connectivity index (χ1v) is 16.3. The number of carbonyl (C=O) groups is 2. The summed E-state index contributed by atoms with van der Waals surface area (Å²) in [7, 11) is -3.90. The fourth-order valence-electron chi connectivity index (χ4n) is 4.34. The minimum absolute atomic E-state index is 0.107. The van der Waals surface area contributed by atoms with E-state index in [2.05, 4.69) is 5.32 Å². The number of amides is 2. The zero-order valence-corrected chi connectivity index (χ0v) is 26.5. The second-order valence-corrected chi connectivity index (χ2v) is 12.7. The van der Waals surface area contributed by atoms with E-state index in [0.717, 1.165) is 16.1 Å². The molecule has 0 aromatic heterocycles. The van der Waals surface area contributed by atoms with Crippen LogP contribution in [0.4, 0.5) is 5.69 Å². The van der Waals surface area contributed by atoms with Gasteiger partial charge in [0.05, 0.1) is 18.6 Å². The molecule has 8 nitrogen and oxygen atoms in total. The van der Waals surface area contributed by atoms with Gasteiger partial charge in [0.25, 0.3) is 0 Å². The lowest BCUT2D eigenvalue weighted by molar-refractivity contribution is -0.140. The van der Waals surface area contributed by atoms with E-state index in [4.69, 9.17) is 27.9 Å². The summed E-state index contributed by atoms with van der Waals surface area (Å²) in [5, 5.41) is 3.64. The quantitative estimate of drug-likeness (QED) is 0.245. The van der Waals surface area contributed by atoms with Crippen molar-refractivity contribution in [3.63, 3.8) is 0 Å². The molecule has 0 spiro atoms. The van der Waals surface area contributed by atoms with Crippen molar-refractivity contribution < 1.29 is 22.7 Å². The monoisotopic (exact) mass is 633 g/mol. The van der Waals surface area contributed by atoms with Gasteiger partial charge in [-0.2, -0.15) is 0 Å². The van der Waals surface area contributed by atoms with E-state index in [9.17, 15) is 18.0 Å². The van der Waals surface area contributed by atoms with Crippen molar-refractivity contribution in [2.24, 2.45) is 0 Å². The van der Waals surface area contributed by atoms with Crippen LogP contribution in [0, 0.1) is 0 Å². The Kier molecular flexibility index (Phi) is 12.1. The van der Waals surface area contributed by atoms with Crippen molar-refractivity contribution in [3.05, 3.63) is 94.0 Å². The summed E-state index contributed by atoms with van der Waals surface area (Å²) >= 11 is 13.0. The molecule has 3 rings (SSSR count). The van der Waals surface area contributed by atoms with Crippen molar-refractivity contribution in [1.82, 2.24) is 10.2 Å². The molecule has 0 heterocycles. The summed E-state index contributed by atoms with van der Waals surface area (Å²) in [5.41, 5.74) is 1.57. The standard InChI is InChI=1S/C31H37Cl2N3O5S/c1-5-22(3)34-31(38)29(19-23-11-8-7-9-12-23)35(20-26-27(32)13-10-14-28(26)33)30(37)21-36(42(4,39)40)24-15-17-25(18-16-24)41-6-2/h7-18,22,29H,5-6,19-21H2,1-4H3,(H,34,38)/t22-,29+/m1/s1. The fourth-order valence-corrected chi connectivity index (χ4v) is 5.70. The first kappa shape index (κ1) is 33.2. The fraction of sp³-hybridized carbons (Fsp3) is 0.355. The van der Waals surface area contributed by atoms with Crippen molar-refractivity contribution in [3.8, 4) is 5.75 Å². The van der Waals surface area contributed by atoms with Crippen LogP contribution in [0.15, 0.2) is 72.8 Å². The summed E-state index contributed by atoms with van der Waals surface area (Å²) in [5.74, 6) is -0.386. The number of nitrogens with one attached hydrogen (secondary N) is 1. The molecule has 0 unspecified atom stereocenters. The Hall–Kier alpha value is -3.27. The van der Waals surface area contributed by atoms with Crippen LogP contribution in [-0.2, 0) is 32.6 Å². The molecule has 0 aliphatic rings. The molecule has 2 atom stereocenters. The molecule has 0 aliphatic carbocycles. The van der Waals surface area contributed by atoms with Gasteiger partial charge in [-0.3, -0.25) is 13.9 Å². The van der Waals surface area contributed by atoms with Crippen LogP contribution in [0.1, 0.15) is 38.3 Å². The highest BCUT2D eigenvalue weighted by molar-refractivity contribution is 7.92. The first-order chi connectivity index (χ1) is 19.9. The van der Waals surface area contributed by atoms with Crippen LogP contribution in [0.3, 0.4) is 0 Å². The number of rotatable bonds is 14. The van der Waals surface area contributed by atoms with Crippen molar-refractivity contribution in [2.45, 2.75) is 52.2 Å². The highest BCUT2D eigenvalue weighted by atomic mass is 35.5. The topological polar surface area (TPSA) is 96.0 Å². The van der Waals surface area contributed by atoms with E-state index in [-0.39, 0.29) is 30.6 Å². The minimum atomic E-state index is -3.90. The van der Waals surface area contributed by atoms with Gasteiger partial charge < -0.3 is 15.0 Å². The summed E-state index contributed by atoms with van der Waals surface area (Å²) in [6.07, 6.45) is 1.91. The highest BCUT2D eigenvalue weighted by Gasteiger charge is 2.34. The SMILES string of the molecule is CCOc1ccc(N(CC(=O)N(Cc2c(Cl)cccc2Cl)[C@@H](Cc2ccccc2)C(=O)N[C@H](C)CC)S(C)(=O)=O)cc1. The Morgan fingerprint density at radius 1 is 0.929 bits per heavy atom. The maximum atomic E-state index is 14.2. The van der Waals surface area contributed by atoms with E-state index in [1.54, 1.807) is 42.5 Å². The number of carbonyl (C=O) groups excluding carboxylic acids is 2. The molecule has 226 valence electrons. The number of anilines is 1. The number of ether oxygens (including phenoxy) is 1. The molecule has 3 aromatic rings. The molecule has 3 aromatic carbocycles. The average Bonchev–Trinajstić information content (AvgIpc) is 2.95. The van der Waals surface area contributed by atoms with Gasteiger partial charge in [-0.15, -0.1) is 0 Å². The predicted octanol–water partition coefficient (Wildman–Crippen LogP) is 5.71. The van der Waals surface area contributed by atoms with E-state index in [0.29, 0.717) is 34.4 Å². The molecule has 42 heavy (non-hydrogen) atoms. The maximum absolute atomic E-state index is 14.2. The molecule has 0 aliphatic heterocycles. The maximum Gasteiger partial charge on any atom is 0.244 e. The predicted molar refractivity (Wildman–Crippen MR) is 169 cm³/mol. The lowest BCUT2D eigenvalue weighted by Crippen LogP contribution is -2.54. The van der Waals surface area contributed by atoms with Crippen LogP contribution in [0.2, 0.25) is 10.0 Å². The number of hydrogen-bond acceptors (Lipinski definition) is 5. The number of nitrogens with zero attached hydrogens (tertiary/aromatic N) is 2. The lowest BCUT2D eigenvalue weighted by atomic mass is 10.0. The smallest absolute Gasteiger partial charge is 0.244 e. The third-order valence-corrected chi connectivity index (χ3v) is 8.63. The zero-order chi connectivity index (χ0) is 30.9. The molecular weight excluding hydrogens is 597 g/mol. The molecule has 1 N–H and O–H groups in total. The molecule has 0 bridgehead atoms. The summed E-state index contributed by atoms with van der Waals surface area (Å²) in [6, 6.07) is 19.6. The van der Waals surface area contributed by atoms with Crippen molar-refractivity contribution in [2.75, 3.05) is 23.7 Å². The van der Waals surface area contributed by atoms with Gasteiger partial charge in [0, 0.05) is 34.6 Å². The zero-order valence-electron chi connectivity index (χ0n) is 24.2. The number of sulfonamides is 1. The van der Waals surface area contributed by atoms with Crippen LogP contribution in [0.5, 0.6) is 5.75 Å². The second-order valence-electron chi connectivity index (χ2n) is 9.94. The Balaban J connectivity index is 2.08. The Labute approximate surface area is 258 Å². The van der Waals surface area contributed by atoms with E-state index in [1.165, 1.54) is 4.90 Å². The first-order valence-electron chi connectivity index (χ1n) is 13.7. The van der Waals surface area contributed by atoms with Gasteiger partial charge >= 0.3 is 0 Å². The summed E-state index contributed by atoms with van der Waals surface area (Å²) in [4.78, 5) is 29.3. The largest absolute Gasteiger partial charge is 0.494 e. The van der Waals surface area contributed by atoms with Gasteiger partial charge in [-0.25, -0.2) is 8.42 Å². The van der Waals surface area contributed by atoms with Gasteiger partial charge in [-0.1, -0.05) is 66.5 Å². The van der Waals surface area contributed by atoms with Crippen molar-refractivity contribution in [1.29, 1.82) is 0 Å². The van der Waals surface area contributed by atoms with Gasteiger partial charge in [0.15, 0.2) is 0 Å². The number of benzene rings is 3.